The Bertz CT molecular complexity index is 1050. The third kappa shape index (κ3) is 4.29. The molecule has 0 radical (unpaired) electrons. The van der Waals surface area contributed by atoms with E-state index in [4.69, 9.17) is 5.84 Å². The highest BCUT2D eigenvalue weighted by atomic mass is 32.2. The molecule has 1 heterocycles. The Morgan fingerprint density at radius 1 is 1.25 bits per heavy atom. The van der Waals surface area contributed by atoms with Crippen molar-refractivity contribution < 1.29 is 9.72 Å². The second-order valence-electron chi connectivity index (χ2n) is 6.14. The van der Waals surface area contributed by atoms with Crippen LogP contribution in [0.3, 0.4) is 0 Å². The van der Waals surface area contributed by atoms with Gasteiger partial charge in [0.05, 0.1) is 10.7 Å². The first-order chi connectivity index (χ1) is 13.3. The minimum absolute atomic E-state index is 0.0326. The van der Waals surface area contributed by atoms with Crippen molar-refractivity contribution in [3.05, 3.63) is 63.7 Å². The zero-order valence-corrected chi connectivity index (χ0v) is 16.1. The highest BCUT2D eigenvalue weighted by Crippen LogP contribution is 2.24. The number of benzene rings is 2. The molecule has 0 saturated carbocycles. The van der Waals surface area contributed by atoms with Gasteiger partial charge in [0.2, 0.25) is 11.1 Å². The zero-order chi connectivity index (χ0) is 20.3. The number of nitro groups is 1. The van der Waals surface area contributed by atoms with E-state index in [-0.39, 0.29) is 17.3 Å². The molecule has 10 heteroatoms. The van der Waals surface area contributed by atoms with Crippen molar-refractivity contribution in [2.45, 2.75) is 19.0 Å². The lowest BCUT2D eigenvalue weighted by Crippen LogP contribution is -2.16. The van der Waals surface area contributed by atoms with E-state index in [9.17, 15) is 14.9 Å². The number of carbonyl (C=O) groups is 1. The molecule has 3 rings (SSSR count). The number of nitrogen functional groups attached to an aromatic ring is 1. The van der Waals surface area contributed by atoms with Crippen molar-refractivity contribution in [1.82, 2.24) is 14.9 Å². The fourth-order valence-electron chi connectivity index (χ4n) is 2.57. The van der Waals surface area contributed by atoms with E-state index < -0.39 is 4.92 Å². The van der Waals surface area contributed by atoms with Gasteiger partial charge in [0.15, 0.2) is 5.82 Å². The predicted octanol–water partition coefficient (Wildman–Crippen LogP) is 2.91. The van der Waals surface area contributed by atoms with E-state index in [0.29, 0.717) is 22.2 Å². The number of amides is 1. The summed E-state index contributed by atoms with van der Waals surface area (Å²) in [4.78, 5) is 22.7. The normalized spacial score (nSPS) is 10.6. The zero-order valence-electron chi connectivity index (χ0n) is 15.2. The number of thioether (sulfide) groups is 1. The number of nitrogens with two attached hydrogens (primary N) is 1. The SMILES string of the molecule is Cc1cccc(-c2nnc(SCC(=O)Nc3ccc(C)c([N+](=O)[O-])c3)n2N)c1. The van der Waals surface area contributed by atoms with Crippen molar-refractivity contribution in [2.24, 2.45) is 0 Å². The molecule has 0 spiro atoms. The van der Waals surface area contributed by atoms with Gasteiger partial charge >= 0.3 is 0 Å². The fraction of sp³-hybridized carbons (Fsp3) is 0.167. The maximum absolute atomic E-state index is 12.2. The van der Waals surface area contributed by atoms with Gasteiger partial charge in [-0.3, -0.25) is 14.9 Å². The molecule has 3 N–H and O–H groups in total. The molecule has 0 unspecified atom stereocenters. The monoisotopic (exact) mass is 398 g/mol. The third-order valence-corrected chi connectivity index (χ3v) is 4.91. The molecule has 9 nitrogen and oxygen atoms in total. The summed E-state index contributed by atoms with van der Waals surface area (Å²) in [6, 6.07) is 12.2. The predicted molar refractivity (Wildman–Crippen MR) is 108 cm³/mol. The third-order valence-electron chi connectivity index (χ3n) is 3.96. The molecular weight excluding hydrogens is 380 g/mol. The minimum atomic E-state index is -0.483. The van der Waals surface area contributed by atoms with E-state index in [1.807, 2.05) is 31.2 Å². The van der Waals surface area contributed by atoms with Crippen LogP contribution in [-0.4, -0.2) is 31.5 Å². The molecule has 1 amide bonds. The highest BCUT2D eigenvalue weighted by molar-refractivity contribution is 7.99. The Labute approximate surface area is 165 Å². The van der Waals surface area contributed by atoms with Crippen LogP contribution in [0.5, 0.6) is 0 Å². The van der Waals surface area contributed by atoms with Crippen LogP contribution in [0.2, 0.25) is 0 Å². The average Bonchev–Trinajstić information content (AvgIpc) is 3.02. The van der Waals surface area contributed by atoms with Crippen LogP contribution in [0.4, 0.5) is 11.4 Å². The molecule has 3 aromatic rings. The van der Waals surface area contributed by atoms with E-state index >= 15 is 0 Å². The topological polar surface area (TPSA) is 129 Å². The van der Waals surface area contributed by atoms with E-state index in [0.717, 1.165) is 22.9 Å². The summed E-state index contributed by atoms with van der Waals surface area (Å²) in [5, 5.41) is 22.2. The molecule has 0 aliphatic rings. The Balaban J connectivity index is 1.66. The van der Waals surface area contributed by atoms with Crippen LogP contribution in [0.25, 0.3) is 11.4 Å². The minimum Gasteiger partial charge on any atom is -0.335 e. The number of aryl methyl sites for hydroxylation is 2. The molecule has 0 aliphatic carbocycles. The number of nitrogens with zero attached hydrogens (tertiary/aromatic N) is 4. The summed E-state index contributed by atoms with van der Waals surface area (Å²) < 4.78 is 1.34. The maximum atomic E-state index is 12.2. The Kier molecular flexibility index (Phi) is 5.59. The van der Waals surface area contributed by atoms with E-state index in [1.165, 1.54) is 10.7 Å². The lowest BCUT2D eigenvalue weighted by molar-refractivity contribution is -0.385. The standard InChI is InChI=1S/C18H18N6O3S/c1-11-4-3-5-13(8-11)17-21-22-18(23(17)19)28-10-16(25)20-14-7-6-12(2)15(9-14)24(26)27/h3-9H,10,19H2,1-2H3,(H,20,25). The van der Waals surface area contributed by atoms with Gasteiger partial charge in [0.25, 0.3) is 5.69 Å². The lowest BCUT2D eigenvalue weighted by Gasteiger charge is -2.06. The second kappa shape index (κ2) is 8.09. The van der Waals surface area contributed by atoms with E-state index in [1.54, 1.807) is 19.1 Å². The fourth-order valence-corrected chi connectivity index (χ4v) is 3.22. The lowest BCUT2D eigenvalue weighted by atomic mass is 10.1. The van der Waals surface area contributed by atoms with Crippen molar-refractivity contribution in [3.8, 4) is 11.4 Å². The number of carbonyl (C=O) groups excluding carboxylic acids is 1. The summed E-state index contributed by atoms with van der Waals surface area (Å²) in [5.41, 5.74) is 2.74. The first-order valence-corrected chi connectivity index (χ1v) is 9.29. The maximum Gasteiger partial charge on any atom is 0.274 e. The Morgan fingerprint density at radius 2 is 2.04 bits per heavy atom. The number of aromatic nitrogens is 3. The molecule has 0 bridgehead atoms. The van der Waals surface area contributed by atoms with Crippen LogP contribution in [0.1, 0.15) is 11.1 Å². The smallest absolute Gasteiger partial charge is 0.274 e. The highest BCUT2D eigenvalue weighted by Gasteiger charge is 2.15. The van der Waals surface area contributed by atoms with Gasteiger partial charge in [-0.2, -0.15) is 0 Å². The molecule has 0 saturated heterocycles. The van der Waals surface area contributed by atoms with Crippen molar-refractivity contribution in [3.63, 3.8) is 0 Å². The summed E-state index contributed by atoms with van der Waals surface area (Å²) in [6.45, 7) is 3.61. The largest absolute Gasteiger partial charge is 0.335 e. The number of hydrogen-bond donors (Lipinski definition) is 2. The molecule has 2 aromatic carbocycles. The number of nitro benzene ring substituents is 1. The molecule has 0 aliphatic heterocycles. The van der Waals surface area contributed by atoms with Gasteiger partial charge in [-0.15, -0.1) is 10.2 Å². The van der Waals surface area contributed by atoms with Gasteiger partial charge in [0, 0.05) is 22.9 Å². The van der Waals surface area contributed by atoms with Crippen LogP contribution >= 0.6 is 11.8 Å². The van der Waals surface area contributed by atoms with Gasteiger partial charge in [-0.05, 0) is 26.0 Å². The molecule has 28 heavy (non-hydrogen) atoms. The van der Waals surface area contributed by atoms with Gasteiger partial charge in [0.1, 0.15) is 0 Å². The Hall–Kier alpha value is -3.40. The summed E-state index contributed by atoms with van der Waals surface area (Å²) in [5.74, 6) is 6.26. The number of hydrogen-bond acceptors (Lipinski definition) is 7. The molecule has 1 aromatic heterocycles. The van der Waals surface area contributed by atoms with Crippen LogP contribution in [0, 0.1) is 24.0 Å². The second-order valence-corrected chi connectivity index (χ2v) is 7.08. The first kappa shape index (κ1) is 19.4. The quantitative estimate of drug-likeness (QED) is 0.283. The number of rotatable bonds is 6. The summed E-state index contributed by atoms with van der Waals surface area (Å²) >= 11 is 1.13. The number of anilines is 1. The Morgan fingerprint density at radius 3 is 2.75 bits per heavy atom. The molecule has 0 atom stereocenters. The van der Waals surface area contributed by atoms with Crippen molar-refractivity contribution in [1.29, 1.82) is 0 Å². The van der Waals surface area contributed by atoms with Gasteiger partial charge < -0.3 is 11.2 Å². The van der Waals surface area contributed by atoms with Crippen LogP contribution in [-0.2, 0) is 4.79 Å². The molecule has 0 fully saturated rings. The van der Waals surface area contributed by atoms with E-state index in [2.05, 4.69) is 15.5 Å². The summed E-state index contributed by atoms with van der Waals surface area (Å²) in [7, 11) is 0. The van der Waals surface area contributed by atoms with Crippen molar-refractivity contribution >= 4 is 29.0 Å². The molecular formula is C18H18N6O3S. The molecule has 144 valence electrons. The van der Waals surface area contributed by atoms with Gasteiger partial charge in [-0.1, -0.05) is 41.6 Å². The average molecular weight is 398 g/mol. The first-order valence-electron chi connectivity index (χ1n) is 8.30. The summed E-state index contributed by atoms with van der Waals surface area (Å²) in [6.07, 6.45) is 0. The number of nitrogens with one attached hydrogen (secondary N) is 1. The van der Waals surface area contributed by atoms with Gasteiger partial charge in [-0.25, -0.2) is 4.68 Å². The van der Waals surface area contributed by atoms with Crippen molar-refractivity contribution in [2.75, 3.05) is 16.9 Å². The van der Waals surface area contributed by atoms with Crippen LogP contribution in [0.15, 0.2) is 47.6 Å². The van der Waals surface area contributed by atoms with Crippen LogP contribution < -0.4 is 11.2 Å².